The van der Waals surface area contributed by atoms with Crippen LogP contribution in [0.25, 0.3) is 27.9 Å². The summed E-state index contributed by atoms with van der Waals surface area (Å²) in [6, 6.07) is 22.2. The molecule has 0 saturated carbocycles. The van der Waals surface area contributed by atoms with Crippen molar-refractivity contribution in [3.05, 3.63) is 78.4 Å². The number of ether oxygens (including phenoxy) is 1. The summed E-state index contributed by atoms with van der Waals surface area (Å²) in [7, 11) is 0. The maximum Gasteiger partial charge on any atom is 0.303 e. The fourth-order valence-electron chi connectivity index (χ4n) is 3.54. The molecular weight excluding hydrogens is 394 g/mol. The molecule has 0 aliphatic heterocycles. The Kier molecular flexibility index (Phi) is 4.33. The number of fused-ring (bicyclic) bond motifs is 3. The molecule has 2 heterocycles. The number of nitrogens with zero attached hydrogens (tertiary/aromatic N) is 4. The number of benzene rings is 3. The Balaban J connectivity index is 1.63. The van der Waals surface area contributed by atoms with E-state index in [2.05, 4.69) is 20.4 Å². The van der Waals surface area contributed by atoms with Gasteiger partial charge in [0.25, 0.3) is 0 Å². The van der Waals surface area contributed by atoms with Gasteiger partial charge in [-0.25, -0.2) is 9.50 Å². The van der Waals surface area contributed by atoms with E-state index in [4.69, 9.17) is 16.3 Å². The smallest absolute Gasteiger partial charge is 0.303 e. The average Bonchev–Trinajstić information content (AvgIpc) is 3.31. The molecule has 5 rings (SSSR count). The summed E-state index contributed by atoms with van der Waals surface area (Å²) in [6.07, 6.45) is 0. The maximum atomic E-state index is 12.7. The zero-order valence-electron chi connectivity index (χ0n) is 16.2. The molecule has 0 fully saturated rings. The number of H-pyrrole nitrogens is 1. The molecule has 0 aliphatic carbocycles. The first-order valence-corrected chi connectivity index (χ1v) is 9.43. The number of carbonyl (C=O) groups excluding carboxylic acids is 1. The quantitative estimate of drug-likeness (QED) is 0.175. The number of aromatic amines is 1. The Morgan fingerprint density at radius 2 is 1.71 bits per heavy atom. The van der Waals surface area contributed by atoms with Crippen molar-refractivity contribution in [3.63, 3.8) is 0 Å². The highest BCUT2D eigenvalue weighted by Crippen LogP contribution is 2.32. The van der Waals surface area contributed by atoms with Crippen LogP contribution in [-0.2, 0) is 0 Å². The largest absolute Gasteiger partial charge is 0.457 e. The minimum absolute atomic E-state index is 0.251. The molecule has 0 atom stereocenters. The third-order valence-electron chi connectivity index (χ3n) is 4.89. The van der Waals surface area contributed by atoms with E-state index in [-0.39, 0.29) is 5.56 Å². The van der Waals surface area contributed by atoms with Gasteiger partial charge in [0.15, 0.2) is 5.65 Å². The molecule has 3 aromatic carbocycles. The molecule has 2 aromatic heterocycles. The van der Waals surface area contributed by atoms with Gasteiger partial charge in [0.2, 0.25) is 0 Å². The Morgan fingerprint density at radius 1 is 0.968 bits per heavy atom. The second-order valence-electron chi connectivity index (χ2n) is 6.81. The molecule has 0 unspecified atom stereocenters. The van der Waals surface area contributed by atoms with E-state index in [1.54, 1.807) is 16.6 Å². The topological polar surface area (TPSA) is 136 Å². The van der Waals surface area contributed by atoms with Gasteiger partial charge in [0.05, 0.1) is 16.9 Å². The normalized spacial score (nSPS) is 11.5. The fraction of sp³-hybridized carbons (Fsp3) is 0. The molecule has 5 aromatic rings. The van der Waals surface area contributed by atoms with E-state index in [1.807, 2.05) is 60.7 Å². The van der Waals surface area contributed by atoms with Gasteiger partial charge in [-0.2, -0.15) is 0 Å². The van der Waals surface area contributed by atoms with Crippen molar-refractivity contribution >= 4 is 28.3 Å². The van der Waals surface area contributed by atoms with Crippen LogP contribution in [0.5, 0.6) is 11.5 Å². The predicted octanol–water partition coefficient (Wildman–Crippen LogP) is 4.32. The van der Waals surface area contributed by atoms with E-state index >= 15 is 0 Å². The van der Waals surface area contributed by atoms with Crippen LogP contribution in [0.2, 0.25) is 0 Å². The summed E-state index contributed by atoms with van der Waals surface area (Å²) < 4.78 is 7.52. The summed E-state index contributed by atoms with van der Waals surface area (Å²) in [5.41, 5.74) is 9.92. The Hall–Kier alpha value is -4.66. The van der Waals surface area contributed by atoms with Crippen molar-refractivity contribution in [2.75, 3.05) is 5.73 Å². The van der Waals surface area contributed by atoms with E-state index in [9.17, 15) is 4.79 Å². The number of carbonyl (C=O) groups is 1. The van der Waals surface area contributed by atoms with Gasteiger partial charge < -0.3 is 16.3 Å². The number of hydrogen-bond donors (Lipinski definition) is 3. The number of imidazole rings is 1. The molecule has 0 saturated heterocycles. The second-order valence-corrected chi connectivity index (χ2v) is 6.81. The number of hydrogen-bond acceptors (Lipinski definition) is 5. The molecule has 9 heteroatoms. The third-order valence-corrected chi connectivity index (χ3v) is 4.89. The number of aromatic nitrogens is 3. The minimum Gasteiger partial charge on any atom is -0.457 e. The van der Waals surface area contributed by atoms with Crippen molar-refractivity contribution in [1.29, 1.82) is 0 Å². The molecule has 0 bridgehead atoms. The van der Waals surface area contributed by atoms with Gasteiger partial charge in [-0.1, -0.05) is 34.6 Å². The lowest BCUT2D eigenvalue weighted by molar-refractivity contribution is 0.0995. The number of para-hydroxylation sites is 2. The molecule has 31 heavy (non-hydrogen) atoms. The lowest BCUT2D eigenvalue weighted by Crippen LogP contribution is -1.98. The van der Waals surface area contributed by atoms with Gasteiger partial charge in [0, 0.05) is 5.56 Å². The predicted molar refractivity (Wildman–Crippen MR) is 117 cm³/mol. The SMILES string of the molecule is NN=NC(=O)c1c(-c2ccc(Oc3ccccc3)cc2)[nH]n2c1nc1cccc(N)c12. The lowest BCUT2D eigenvalue weighted by Gasteiger charge is -2.07. The number of nitrogens with two attached hydrogens (primary N) is 2. The monoisotopic (exact) mass is 411 g/mol. The summed E-state index contributed by atoms with van der Waals surface area (Å²) in [4.78, 5) is 17.3. The highest BCUT2D eigenvalue weighted by Gasteiger charge is 2.24. The van der Waals surface area contributed by atoms with Crippen LogP contribution < -0.4 is 16.3 Å². The Labute approximate surface area is 175 Å². The zero-order chi connectivity index (χ0) is 21.4. The number of rotatable bonds is 4. The molecule has 0 spiro atoms. The summed E-state index contributed by atoms with van der Waals surface area (Å²) in [5.74, 6) is 5.91. The molecule has 1 amide bonds. The molecular formula is C22H17N7O2. The van der Waals surface area contributed by atoms with Crippen molar-refractivity contribution in [1.82, 2.24) is 14.6 Å². The molecule has 0 radical (unpaired) electrons. The first kappa shape index (κ1) is 18.4. The summed E-state index contributed by atoms with van der Waals surface area (Å²) in [5, 5.41) is 9.87. The van der Waals surface area contributed by atoms with Crippen LogP contribution in [0.3, 0.4) is 0 Å². The number of amides is 1. The molecule has 0 aliphatic rings. The van der Waals surface area contributed by atoms with Crippen LogP contribution in [0, 0.1) is 0 Å². The average molecular weight is 411 g/mol. The molecule has 5 N–H and O–H groups in total. The van der Waals surface area contributed by atoms with Crippen LogP contribution in [0.4, 0.5) is 5.69 Å². The summed E-state index contributed by atoms with van der Waals surface area (Å²) in [6.45, 7) is 0. The minimum atomic E-state index is -0.609. The van der Waals surface area contributed by atoms with Crippen molar-refractivity contribution < 1.29 is 9.53 Å². The number of anilines is 1. The van der Waals surface area contributed by atoms with Gasteiger partial charge in [-0.05, 0) is 48.5 Å². The van der Waals surface area contributed by atoms with Gasteiger partial charge in [-0.15, -0.1) is 0 Å². The van der Waals surface area contributed by atoms with E-state index in [0.29, 0.717) is 33.8 Å². The standard InChI is InChI=1S/C22H17N7O2/c23-16-7-4-8-17-20(16)29-21(25-17)18(22(30)26-28-24)19(27-29)13-9-11-15(12-10-13)31-14-5-2-1-3-6-14/h1-12,27H,23H2,(H2,24,26,30). The zero-order valence-corrected chi connectivity index (χ0v) is 16.2. The third kappa shape index (κ3) is 3.14. The fourth-order valence-corrected chi connectivity index (χ4v) is 3.54. The van der Waals surface area contributed by atoms with Gasteiger partial charge in [0.1, 0.15) is 22.6 Å². The van der Waals surface area contributed by atoms with E-state index < -0.39 is 5.91 Å². The van der Waals surface area contributed by atoms with Crippen LogP contribution >= 0.6 is 0 Å². The molecule has 152 valence electrons. The van der Waals surface area contributed by atoms with Crippen LogP contribution in [0.15, 0.2) is 83.1 Å². The lowest BCUT2D eigenvalue weighted by atomic mass is 10.1. The second kappa shape index (κ2) is 7.30. The van der Waals surface area contributed by atoms with E-state index in [1.165, 1.54) is 0 Å². The summed E-state index contributed by atoms with van der Waals surface area (Å²) >= 11 is 0. The first-order valence-electron chi connectivity index (χ1n) is 9.43. The van der Waals surface area contributed by atoms with Gasteiger partial charge >= 0.3 is 5.91 Å². The van der Waals surface area contributed by atoms with Crippen LogP contribution in [0.1, 0.15) is 10.4 Å². The van der Waals surface area contributed by atoms with Crippen molar-refractivity contribution in [2.45, 2.75) is 0 Å². The number of nitrogen functional groups attached to an aromatic ring is 1. The highest BCUT2D eigenvalue weighted by molar-refractivity contribution is 6.08. The maximum absolute atomic E-state index is 12.7. The highest BCUT2D eigenvalue weighted by atomic mass is 16.5. The number of nitrogens with one attached hydrogen (secondary N) is 1. The Morgan fingerprint density at radius 3 is 2.45 bits per heavy atom. The van der Waals surface area contributed by atoms with Gasteiger partial charge in [-0.3, -0.25) is 9.89 Å². The Bertz CT molecular complexity index is 1430. The van der Waals surface area contributed by atoms with Crippen LogP contribution in [-0.4, -0.2) is 20.5 Å². The van der Waals surface area contributed by atoms with Crippen molar-refractivity contribution in [3.8, 4) is 22.8 Å². The van der Waals surface area contributed by atoms with Crippen molar-refractivity contribution in [2.24, 2.45) is 16.2 Å². The van der Waals surface area contributed by atoms with E-state index in [0.717, 1.165) is 11.3 Å². The first-order chi connectivity index (χ1) is 15.2. The molecule has 9 nitrogen and oxygen atoms in total.